The molecule has 0 saturated carbocycles. The van der Waals surface area contributed by atoms with Crippen molar-refractivity contribution in [2.24, 2.45) is 0 Å². The van der Waals surface area contributed by atoms with Gasteiger partial charge in [0.2, 0.25) is 0 Å². The first-order valence-corrected chi connectivity index (χ1v) is 6.81. The Kier molecular flexibility index (Phi) is 5.52. The van der Waals surface area contributed by atoms with Gasteiger partial charge in [-0.15, -0.1) is 0 Å². The van der Waals surface area contributed by atoms with Crippen LogP contribution in [-0.2, 0) is 11.3 Å². The normalized spacial score (nSPS) is 11.3. The molecule has 1 atom stereocenters. The number of alkyl carbamates (subject to hydrolysis) is 1. The molecule has 0 spiro atoms. The van der Waals surface area contributed by atoms with Crippen LogP contribution in [-0.4, -0.2) is 17.7 Å². The lowest BCUT2D eigenvalue weighted by Crippen LogP contribution is -2.28. The Morgan fingerprint density at radius 3 is 2.73 bits per heavy atom. The number of ether oxygens (including phenoxy) is 1. The number of rotatable bonds is 5. The highest BCUT2D eigenvalue weighted by molar-refractivity contribution is 5.67. The van der Waals surface area contributed by atoms with Crippen LogP contribution in [0.5, 0.6) is 0 Å². The summed E-state index contributed by atoms with van der Waals surface area (Å²) in [6.45, 7) is 0.190. The smallest absolute Gasteiger partial charge is 0.407 e. The monoisotopic (exact) mass is 296 g/mol. The molecule has 112 valence electrons. The van der Waals surface area contributed by atoms with E-state index in [1.807, 2.05) is 36.4 Å². The topological polar surface area (TPSA) is 82.4 Å². The van der Waals surface area contributed by atoms with Crippen molar-refractivity contribution in [3.8, 4) is 6.07 Å². The van der Waals surface area contributed by atoms with Crippen LogP contribution in [0.2, 0.25) is 0 Å². The molecule has 2 rings (SSSR count). The number of carbonyl (C=O) groups excluding carboxylic acids is 1. The highest BCUT2D eigenvalue weighted by Crippen LogP contribution is 2.13. The van der Waals surface area contributed by atoms with Crippen LogP contribution in [0.4, 0.5) is 4.79 Å². The van der Waals surface area contributed by atoms with Gasteiger partial charge in [0.25, 0.3) is 0 Å². The molecule has 5 nitrogen and oxygen atoms in total. The Morgan fingerprint density at radius 1 is 1.23 bits per heavy atom. The van der Waals surface area contributed by atoms with Crippen LogP contribution in [0.15, 0.2) is 54.6 Å². The van der Waals surface area contributed by atoms with Gasteiger partial charge >= 0.3 is 6.09 Å². The average molecular weight is 296 g/mol. The molecule has 2 aromatic rings. The summed E-state index contributed by atoms with van der Waals surface area (Å²) in [4.78, 5) is 11.6. The fourth-order valence-electron chi connectivity index (χ4n) is 1.89. The largest absolute Gasteiger partial charge is 0.445 e. The van der Waals surface area contributed by atoms with Gasteiger partial charge in [0.1, 0.15) is 6.61 Å². The van der Waals surface area contributed by atoms with Crippen LogP contribution in [0.3, 0.4) is 0 Å². The maximum Gasteiger partial charge on any atom is 0.407 e. The number of benzene rings is 2. The number of amides is 1. The van der Waals surface area contributed by atoms with E-state index < -0.39 is 12.2 Å². The molecular weight excluding hydrogens is 280 g/mol. The number of nitrogens with one attached hydrogen (secondary N) is 1. The Balaban J connectivity index is 1.79. The molecule has 2 aromatic carbocycles. The Hall–Kier alpha value is -2.84. The third-order valence-electron chi connectivity index (χ3n) is 3.05. The van der Waals surface area contributed by atoms with Crippen LogP contribution in [0.1, 0.15) is 22.8 Å². The molecule has 22 heavy (non-hydrogen) atoms. The molecule has 0 aliphatic carbocycles. The zero-order valence-electron chi connectivity index (χ0n) is 11.9. The van der Waals surface area contributed by atoms with Gasteiger partial charge in [-0.05, 0) is 23.3 Å². The van der Waals surface area contributed by atoms with Crippen molar-refractivity contribution in [3.63, 3.8) is 0 Å². The summed E-state index contributed by atoms with van der Waals surface area (Å²) < 4.78 is 5.05. The quantitative estimate of drug-likeness (QED) is 0.888. The summed E-state index contributed by atoms with van der Waals surface area (Å²) in [5, 5.41) is 21.3. The van der Waals surface area contributed by atoms with Gasteiger partial charge in [0, 0.05) is 0 Å². The highest BCUT2D eigenvalue weighted by atomic mass is 16.5. The standard InChI is InChI=1S/C17H16N2O3/c18-10-14-7-4-8-15(9-14)16(20)11-19-17(21)22-12-13-5-2-1-3-6-13/h1-9,16,20H,11-12H2,(H,19,21). The minimum absolute atomic E-state index is 0.0164. The number of nitrogens with zero attached hydrogens (tertiary/aromatic N) is 1. The minimum atomic E-state index is -0.891. The van der Waals surface area contributed by atoms with E-state index in [1.165, 1.54) is 0 Å². The molecule has 1 amide bonds. The average Bonchev–Trinajstić information content (AvgIpc) is 2.58. The summed E-state index contributed by atoms with van der Waals surface area (Å²) in [7, 11) is 0. The minimum Gasteiger partial charge on any atom is -0.445 e. The second kappa shape index (κ2) is 7.81. The van der Waals surface area contributed by atoms with E-state index in [4.69, 9.17) is 10.00 Å². The molecule has 0 aliphatic heterocycles. The van der Waals surface area contributed by atoms with Crippen molar-refractivity contribution in [3.05, 3.63) is 71.3 Å². The van der Waals surface area contributed by atoms with Gasteiger partial charge in [-0.1, -0.05) is 42.5 Å². The van der Waals surface area contributed by atoms with Crippen molar-refractivity contribution in [1.29, 1.82) is 5.26 Å². The predicted molar refractivity (Wildman–Crippen MR) is 80.7 cm³/mol. The lowest BCUT2D eigenvalue weighted by Gasteiger charge is -2.12. The molecule has 5 heteroatoms. The number of carbonyl (C=O) groups is 1. The summed E-state index contributed by atoms with van der Waals surface area (Å²) in [6, 6.07) is 17.9. The first-order chi connectivity index (χ1) is 10.7. The molecule has 0 heterocycles. The van der Waals surface area contributed by atoms with E-state index >= 15 is 0 Å². The fraction of sp³-hybridized carbons (Fsp3) is 0.176. The van der Waals surface area contributed by atoms with Crippen molar-refractivity contribution in [2.45, 2.75) is 12.7 Å². The molecule has 0 saturated heterocycles. The second-order valence-electron chi connectivity index (χ2n) is 4.70. The molecule has 0 radical (unpaired) electrons. The maximum atomic E-state index is 11.6. The van der Waals surface area contributed by atoms with Crippen LogP contribution < -0.4 is 5.32 Å². The molecule has 0 aromatic heterocycles. The predicted octanol–water partition coefficient (Wildman–Crippen LogP) is 2.52. The number of aliphatic hydroxyl groups is 1. The van der Waals surface area contributed by atoms with Crippen molar-refractivity contribution >= 4 is 6.09 Å². The van der Waals surface area contributed by atoms with Crippen molar-refractivity contribution < 1.29 is 14.6 Å². The lowest BCUT2D eigenvalue weighted by atomic mass is 10.1. The molecule has 0 aliphatic rings. The number of nitriles is 1. The molecule has 0 bridgehead atoms. The third kappa shape index (κ3) is 4.62. The van der Waals surface area contributed by atoms with Gasteiger partial charge in [-0.25, -0.2) is 4.79 Å². The van der Waals surface area contributed by atoms with Gasteiger partial charge in [0.05, 0.1) is 24.3 Å². The van der Waals surface area contributed by atoms with Crippen molar-refractivity contribution in [2.75, 3.05) is 6.54 Å². The first-order valence-electron chi connectivity index (χ1n) is 6.81. The van der Waals surface area contributed by atoms with Crippen LogP contribution in [0, 0.1) is 11.3 Å². The Bertz CT molecular complexity index is 665. The number of hydrogen-bond donors (Lipinski definition) is 2. The van der Waals surface area contributed by atoms with Crippen LogP contribution >= 0.6 is 0 Å². The molecule has 1 unspecified atom stereocenters. The fourth-order valence-corrected chi connectivity index (χ4v) is 1.89. The first kappa shape index (κ1) is 15.5. The SMILES string of the molecule is N#Cc1cccc(C(O)CNC(=O)OCc2ccccc2)c1. The van der Waals surface area contributed by atoms with Crippen molar-refractivity contribution in [1.82, 2.24) is 5.32 Å². The highest BCUT2D eigenvalue weighted by Gasteiger charge is 2.10. The summed E-state index contributed by atoms with van der Waals surface area (Å²) in [5.41, 5.74) is 1.92. The van der Waals surface area contributed by atoms with E-state index in [-0.39, 0.29) is 13.2 Å². The van der Waals surface area contributed by atoms with E-state index in [2.05, 4.69) is 5.32 Å². The zero-order valence-corrected chi connectivity index (χ0v) is 11.9. The second-order valence-corrected chi connectivity index (χ2v) is 4.70. The molecule has 2 N–H and O–H groups in total. The van der Waals surface area contributed by atoms with Gasteiger partial charge in [-0.2, -0.15) is 5.26 Å². The van der Waals surface area contributed by atoms with Gasteiger partial charge in [-0.3, -0.25) is 0 Å². The number of aliphatic hydroxyl groups excluding tert-OH is 1. The Morgan fingerprint density at radius 2 is 2.00 bits per heavy atom. The van der Waals surface area contributed by atoms with Gasteiger partial charge in [0.15, 0.2) is 0 Å². The molecular formula is C17H16N2O3. The zero-order chi connectivity index (χ0) is 15.8. The third-order valence-corrected chi connectivity index (χ3v) is 3.05. The van der Waals surface area contributed by atoms with E-state index in [0.29, 0.717) is 11.1 Å². The Labute approximate surface area is 128 Å². The summed E-state index contributed by atoms with van der Waals surface area (Å²) in [6.07, 6.45) is -1.49. The van der Waals surface area contributed by atoms with E-state index in [9.17, 15) is 9.90 Å². The number of hydrogen-bond acceptors (Lipinski definition) is 4. The van der Waals surface area contributed by atoms with Crippen LogP contribution in [0.25, 0.3) is 0 Å². The van der Waals surface area contributed by atoms with E-state index in [1.54, 1.807) is 24.3 Å². The maximum absolute atomic E-state index is 11.6. The van der Waals surface area contributed by atoms with E-state index in [0.717, 1.165) is 5.56 Å². The lowest BCUT2D eigenvalue weighted by molar-refractivity contribution is 0.126. The summed E-state index contributed by atoms with van der Waals surface area (Å²) >= 11 is 0. The molecule has 0 fully saturated rings. The van der Waals surface area contributed by atoms with Gasteiger partial charge < -0.3 is 15.2 Å². The summed E-state index contributed by atoms with van der Waals surface area (Å²) in [5.74, 6) is 0.